The Kier molecular flexibility index (Phi) is 5.88. The Morgan fingerprint density at radius 3 is 2.42 bits per heavy atom. The van der Waals surface area contributed by atoms with Gasteiger partial charge in [0.05, 0.1) is 0 Å². The van der Waals surface area contributed by atoms with Gasteiger partial charge in [-0.2, -0.15) is 0 Å². The summed E-state index contributed by atoms with van der Waals surface area (Å²) in [6.07, 6.45) is 0.396. The van der Waals surface area contributed by atoms with Crippen LogP contribution in [0, 0.1) is 0 Å². The molecule has 0 radical (unpaired) electrons. The van der Waals surface area contributed by atoms with E-state index in [0.29, 0.717) is 6.42 Å². The van der Waals surface area contributed by atoms with Crippen molar-refractivity contribution in [2.24, 2.45) is 5.73 Å². The molecule has 3 nitrogen and oxygen atoms in total. The number of hydrogen-bond donors (Lipinski definition) is 1. The first-order chi connectivity index (χ1) is 8.80. The Balaban J connectivity index is 2.39. The zero-order valence-electron chi connectivity index (χ0n) is 12.2. The molecule has 19 heavy (non-hydrogen) atoms. The molecule has 2 N–H and O–H groups in total. The predicted molar refractivity (Wildman–Crippen MR) is 82.3 cm³/mol. The number of thioether (sulfide) groups is 1. The number of nitrogens with two attached hydrogens (primary N) is 1. The van der Waals surface area contributed by atoms with Gasteiger partial charge in [0.15, 0.2) is 0 Å². The van der Waals surface area contributed by atoms with Crippen molar-refractivity contribution in [1.29, 1.82) is 0 Å². The number of hydrogen-bond acceptors (Lipinski definition) is 3. The van der Waals surface area contributed by atoms with Crippen LogP contribution in [0.15, 0.2) is 35.2 Å². The number of amides is 1. The lowest BCUT2D eigenvalue weighted by molar-refractivity contribution is -0.134. The molecule has 0 spiro atoms. The second kappa shape index (κ2) is 6.96. The second-order valence-electron chi connectivity index (χ2n) is 5.71. The van der Waals surface area contributed by atoms with Gasteiger partial charge in [0.2, 0.25) is 5.91 Å². The molecule has 1 rings (SSSR count). The van der Waals surface area contributed by atoms with Crippen molar-refractivity contribution in [2.75, 3.05) is 12.8 Å². The Labute approximate surface area is 120 Å². The van der Waals surface area contributed by atoms with Crippen LogP contribution in [0.5, 0.6) is 0 Å². The zero-order chi connectivity index (χ0) is 14.5. The highest BCUT2D eigenvalue weighted by Gasteiger charge is 2.23. The van der Waals surface area contributed by atoms with Crippen molar-refractivity contribution in [1.82, 2.24) is 4.90 Å². The maximum Gasteiger partial charge on any atom is 0.224 e. The van der Waals surface area contributed by atoms with Gasteiger partial charge in [0, 0.05) is 35.7 Å². The average molecular weight is 280 g/mol. The number of carbonyl (C=O) groups is 1. The molecule has 4 heteroatoms. The van der Waals surface area contributed by atoms with Crippen molar-refractivity contribution in [3.05, 3.63) is 30.3 Å². The summed E-state index contributed by atoms with van der Waals surface area (Å²) >= 11 is 1.69. The predicted octanol–water partition coefficient (Wildman–Crippen LogP) is 2.75. The van der Waals surface area contributed by atoms with Gasteiger partial charge < -0.3 is 10.6 Å². The van der Waals surface area contributed by atoms with Gasteiger partial charge >= 0.3 is 0 Å². The number of rotatable bonds is 5. The smallest absolute Gasteiger partial charge is 0.224 e. The van der Waals surface area contributed by atoms with Crippen molar-refractivity contribution >= 4 is 17.7 Å². The molecule has 0 saturated carbocycles. The molecular weight excluding hydrogens is 256 g/mol. The highest BCUT2D eigenvalue weighted by Crippen LogP contribution is 2.19. The van der Waals surface area contributed by atoms with Gasteiger partial charge in [0.25, 0.3) is 0 Å². The van der Waals surface area contributed by atoms with Crippen molar-refractivity contribution in [3.63, 3.8) is 0 Å². The van der Waals surface area contributed by atoms with E-state index in [1.54, 1.807) is 16.7 Å². The highest BCUT2D eigenvalue weighted by molar-refractivity contribution is 7.99. The van der Waals surface area contributed by atoms with Gasteiger partial charge in [-0.15, -0.1) is 11.8 Å². The minimum absolute atomic E-state index is 0.105. The van der Waals surface area contributed by atoms with E-state index < -0.39 is 0 Å². The third kappa shape index (κ3) is 5.66. The molecule has 1 amide bonds. The number of nitrogens with zero attached hydrogens (tertiary/aromatic N) is 1. The van der Waals surface area contributed by atoms with E-state index >= 15 is 0 Å². The van der Waals surface area contributed by atoms with Gasteiger partial charge in [-0.25, -0.2) is 0 Å². The SMILES string of the molecule is CN(C(=O)C[C@@H](N)CSc1ccccc1)C(C)(C)C. The first-order valence-electron chi connectivity index (χ1n) is 6.51. The Hall–Kier alpha value is -1.00. The van der Waals surface area contributed by atoms with Crippen LogP contribution in [0.25, 0.3) is 0 Å². The molecule has 0 aliphatic rings. The molecule has 0 aromatic heterocycles. The van der Waals surface area contributed by atoms with Gasteiger partial charge in [-0.1, -0.05) is 18.2 Å². The van der Waals surface area contributed by atoms with Crippen LogP contribution >= 0.6 is 11.8 Å². The second-order valence-corrected chi connectivity index (χ2v) is 6.81. The number of carbonyl (C=O) groups excluding carboxylic acids is 1. The van der Waals surface area contributed by atoms with E-state index in [9.17, 15) is 4.79 Å². The minimum Gasteiger partial charge on any atom is -0.341 e. The molecule has 106 valence electrons. The zero-order valence-corrected chi connectivity index (χ0v) is 13.0. The summed E-state index contributed by atoms with van der Waals surface area (Å²) in [5.41, 5.74) is 5.89. The summed E-state index contributed by atoms with van der Waals surface area (Å²) in [6.45, 7) is 6.07. The fraction of sp³-hybridized carbons (Fsp3) is 0.533. The van der Waals surface area contributed by atoms with Crippen LogP contribution in [0.2, 0.25) is 0 Å². The third-order valence-electron chi connectivity index (χ3n) is 3.02. The van der Waals surface area contributed by atoms with Crippen LogP contribution in [-0.4, -0.2) is 35.2 Å². The third-order valence-corrected chi connectivity index (χ3v) is 4.22. The fourth-order valence-electron chi connectivity index (χ4n) is 1.51. The molecular formula is C15H24N2OS. The molecule has 0 heterocycles. The first kappa shape index (κ1) is 16.1. The van der Waals surface area contributed by atoms with Crippen LogP contribution < -0.4 is 5.73 Å². The summed E-state index contributed by atoms with van der Waals surface area (Å²) in [6, 6.07) is 10.0. The molecule has 0 bridgehead atoms. The highest BCUT2D eigenvalue weighted by atomic mass is 32.2. The molecule has 0 aliphatic heterocycles. The molecule has 0 aliphatic carbocycles. The van der Waals surface area contributed by atoms with Crippen molar-refractivity contribution in [3.8, 4) is 0 Å². The average Bonchev–Trinajstić information content (AvgIpc) is 2.35. The van der Waals surface area contributed by atoms with Crippen molar-refractivity contribution in [2.45, 2.75) is 43.7 Å². The van der Waals surface area contributed by atoms with E-state index in [0.717, 1.165) is 5.75 Å². The lowest BCUT2D eigenvalue weighted by Gasteiger charge is -2.32. The first-order valence-corrected chi connectivity index (χ1v) is 7.49. The van der Waals surface area contributed by atoms with Crippen LogP contribution in [0.1, 0.15) is 27.2 Å². The van der Waals surface area contributed by atoms with E-state index in [2.05, 4.69) is 12.1 Å². The largest absolute Gasteiger partial charge is 0.341 e. The summed E-state index contributed by atoms with van der Waals surface area (Å²) in [7, 11) is 1.83. The fourth-order valence-corrected chi connectivity index (χ4v) is 2.39. The minimum atomic E-state index is -0.149. The Morgan fingerprint density at radius 1 is 1.32 bits per heavy atom. The van der Waals surface area contributed by atoms with E-state index in [-0.39, 0.29) is 17.5 Å². The summed E-state index contributed by atoms with van der Waals surface area (Å²) in [4.78, 5) is 15.0. The van der Waals surface area contributed by atoms with Crippen molar-refractivity contribution < 1.29 is 4.79 Å². The van der Waals surface area contributed by atoms with E-state index in [1.807, 2.05) is 46.0 Å². The molecule has 1 atom stereocenters. The quantitative estimate of drug-likeness (QED) is 0.844. The van der Waals surface area contributed by atoms with Crippen LogP contribution in [-0.2, 0) is 4.79 Å². The number of benzene rings is 1. The molecule has 0 fully saturated rings. The summed E-state index contributed by atoms with van der Waals surface area (Å²) < 4.78 is 0. The van der Waals surface area contributed by atoms with Gasteiger partial charge in [-0.05, 0) is 32.9 Å². The Bertz CT molecular complexity index is 400. The summed E-state index contributed by atoms with van der Waals surface area (Å²) in [5, 5.41) is 0. The maximum absolute atomic E-state index is 12.0. The maximum atomic E-state index is 12.0. The topological polar surface area (TPSA) is 46.3 Å². The standard InChI is InChI=1S/C15H24N2OS/c1-15(2,3)17(4)14(18)10-12(16)11-19-13-8-6-5-7-9-13/h5-9,12H,10-11,16H2,1-4H3/t12-/m1/s1. The van der Waals surface area contributed by atoms with E-state index in [4.69, 9.17) is 5.73 Å². The van der Waals surface area contributed by atoms with E-state index in [1.165, 1.54) is 4.90 Å². The van der Waals surface area contributed by atoms with Crippen LogP contribution in [0.4, 0.5) is 0 Å². The van der Waals surface area contributed by atoms with Gasteiger partial charge in [-0.3, -0.25) is 4.79 Å². The lowest BCUT2D eigenvalue weighted by atomic mass is 10.1. The normalized spacial score (nSPS) is 13.1. The summed E-state index contributed by atoms with van der Waals surface area (Å²) in [5.74, 6) is 0.863. The molecule has 0 saturated heterocycles. The molecule has 0 unspecified atom stereocenters. The monoisotopic (exact) mass is 280 g/mol. The molecule has 1 aromatic rings. The molecule has 1 aromatic carbocycles. The van der Waals surface area contributed by atoms with Gasteiger partial charge in [0.1, 0.15) is 0 Å². The lowest BCUT2D eigenvalue weighted by Crippen LogP contribution is -2.44. The van der Waals surface area contributed by atoms with Crippen LogP contribution in [0.3, 0.4) is 0 Å². The Morgan fingerprint density at radius 2 is 1.89 bits per heavy atom.